The maximum atomic E-state index is 12.7. The second-order valence-electron chi connectivity index (χ2n) is 7.68. The van der Waals surface area contributed by atoms with Crippen molar-refractivity contribution in [1.82, 2.24) is 25.2 Å². The average molecular weight is 435 g/mol. The molecule has 10 heteroatoms. The molecule has 30 heavy (non-hydrogen) atoms. The second-order valence-corrected chi connectivity index (χ2v) is 8.04. The number of oxazole rings is 1. The van der Waals surface area contributed by atoms with Crippen LogP contribution >= 0.6 is 11.6 Å². The molecule has 3 N–H and O–H groups in total. The summed E-state index contributed by atoms with van der Waals surface area (Å²) in [7, 11) is 0. The topological polar surface area (TPSA) is 127 Å². The van der Waals surface area contributed by atoms with Crippen LogP contribution in [0, 0.1) is 19.8 Å². The van der Waals surface area contributed by atoms with E-state index in [4.69, 9.17) is 21.8 Å². The monoisotopic (exact) mass is 434 g/mol. The number of hydrogen-bond acceptors (Lipinski definition) is 7. The van der Waals surface area contributed by atoms with Crippen molar-refractivity contribution in [2.75, 3.05) is 18.8 Å². The lowest BCUT2D eigenvalue weighted by molar-refractivity contribution is -0.134. The Morgan fingerprint density at radius 3 is 2.60 bits per heavy atom. The lowest BCUT2D eigenvalue weighted by Gasteiger charge is -2.33. The van der Waals surface area contributed by atoms with Gasteiger partial charge < -0.3 is 20.4 Å². The Hall–Kier alpha value is -2.68. The molecule has 0 aromatic carbocycles. The molecule has 0 aliphatic carbocycles. The van der Waals surface area contributed by atoms with Gasteiger partial charge in [0.2, 0.25) is 5.91 Å². The van der Waals surface area contributed by atoms with Crippen LogP contribution in [0.5, 0.6) is 0 Å². The number of likely N-dealkylation sites (tertiary alicyclic amines) is 1. The van der Waals surface area contributed by atoms with Crippen molar-refractivity contribution in [3.63, 3.8) is 0 Å². The molecule has 0 bridgehead atoms. The number of carbonyl (C=O) groups excluding carboxylic acids is 2. The predicted octanol–water partition coefficient (Wildman–Crippen LogP) is 2.31. The Balaban J connectivity index is 1.46. The van der Waals surface area contributed by atoms with Crippen LogP contribution in [0.2, 0.25) is 5.15 Å². The van der Waals surface area contributed by atoms with E-state index < -0.39 is 11.9 Å². The molecule has 1 aliphatic rings. The Bertz CT molecular complexity index is 900. The smallest absolute Gasteiger partial charge is 0.273 e. The molecule has 2 amide bonds. The first-order valence-electron chi connectivity index (χ1n) is 10.0. The van der Waals surface area contributed by atoms with Gasteiger partial charge in [-0.1, -0.05) is 11.6 Å². The van der Waals surface area contributed by atoms with Crippen LogP contribution in [0.1, 0.15) is 54.0 Å². The number of aromatic nitrogens is 3. The third-order valence-corrected chi connectivity index (χ3v) is 5.71. The van der Waals surface area contributed by atoms with E-state index in [0.29, 0.717) is 48.1 Å². The number of nitrogens with one attached hydrogen (secondary N) is 1. The van der Waals surface area contributed by atoms with E-state index in [0.717, 1.165) is 24.8 Å². The molecule has 0 saturated carbocycles. The van der Waals surface area contributed by atoms with E-state index in [9.17, 15) is 9.59 Å². The first-order valence-corrected chi connectivity index (χ1v) is 10.4. The molecule has 0 spiro atoms. The number of aryl methyl sites for hydroxylation is 2. The van der Waals surface area contributed by atoms with Gasteiger partial charge in [0.1, 0.15) is 29.1 Å². The number of nitrogens with zero attached hydrogens (tertiary/aromatic N) is 4. The number of rotatable bonds is 6. The van der Waals surface area contributed by atoms with E-state index in [2.05, 4.69) is 20.3 Å². The van der Waals surface area contributed by atoms with Crippen LogP contribution in [0.4, 0.5) is 5.82 Å². The molecule has 1 fully saturated rings. The summed E-state index contributed by atoms with van der Waals surface area (Å²) in [5, 5.41) is 3.10. The van der Waals surface area contributed by atoms with Crippen LogP contribution in [-0.2, 0) is 11.2 Å². The summed E-state index contributed by atoms with van der Waals surface area (Å²) < 4.78 is 5.04. The van der Waals surface area contributed by atoms with Gasteiger partial charge in [-0.05, 0) is 45.4 Å². The van der Waals surface area contributed by atoms with Gasteiger partial charge in [0.15, 0.2) is 11.6 Å². The quantitative estimate of drug-likeness (QED) is 0.667. The standard InChI is InChI=1S/C20H27ClN6O3/c1-11(23-19(28)16-10-30-13(3)26-16)20(29)27-8-6-14(7-9-27)4-5-15-17(21)24-12(2)25-18(15)22/h10-11,14H,4-9H2,1-3H3,(H,23,28)(H2,22,24,25)/t11-/m0/s1. The number of carbonyl (C=O) groups is 2. The van der Waals surface area contributed by atoms with Crippen LogP contribution in [0.3, 0.4) is 0 Å². The first kappa shape index (κ1) is 22.0. The van der Waals surface area contributed by atoms with Gasteiger partial charge in [-0.25, -0.2) is 15.0 Å². The summed E-state index contributed by atoms with van der Waals surface area (Å²) in [6.07, 6.45) is 4.69. The first-order chi connectivity index (χ1) is 14.2. The molecule has 2 aromatic rings. The SMILES string of the molecule is Cc1nc(N)c(CCC2CCN(C(=O)[C@H](C)NC(=O)c3coc(C)n3)CC2)c(Cl)n1. The van der Waals surface area contributed by atoms with Crippen molar-refractivity contribution >= 4 is 29.2 Å². The summed E-state index contributed by atoms with van der Waals surface area (Å²) >= 11 is 6.21. The second kappa shape index (κ2) is 9.42. The normalized spacial score (nSPS) is 15.8. The summed E-state index contributed by atoms with van der Waals surface area (Å²) in [6.45, 7) is 6.40. The van der Waals surface area contributed by atoms with Gasteiger partial charge >= 0.3 is 0 Å². The molecule has 9 nitrogen and oxygen atoms in total. The third kappa shape index (κ3) is 5.27. The Morgan fingerprint density at radius 1 is 1.30 bits per heavy atom. The van der Waals surface area contributed by atoms with Crippen LogP contribution in [0.25, 0.3) is 0 Å². The van der Waals surface area contributed by atoms with Gasteiger partial charge in [0.05, 0.1) is 0 Å². The van der Waals surface area contributed by atoms with E-state index in [1.54, 1.807) is 25.7 Å². The third-order valence-electron chi connectivity index (χ3n) is 5.40. The highest BCUT2D eigenvalue weighted by atomic mass is 35.5. The van der Waals surface area contributed by atoms with Crippen molar-refractivity contribution < 1.29 is 14.0 Å². The fourth-order valence-electron chi connectivity index (χ4n) is 3.68. The molecule has 162 valence electrons. The molecule has 3 rings (SSSR count). The van der Waals surface area contributed by atoms with Gasteiger partial charge in [-0.3, -0.25) is 9.59 Å². The fourth-order valence-corrected chi connectivity index (χ4v) is 3.99. The molecule has 1 aliphatic heterocycles. The van der Waals surface area contributed by atoms with Crippen LogP contribution in [-0.4, -0.2) is 50.8 Å². The number of nitrogen functional groups attached to an aromatic ring is 1. The minimum absolute atomic E-state index is 0.0961. The summed E-state index contributed by atoms with van der Waals surface area (Å²) in [4.78, 5) is 39.0. The Morgan fingerprint density at radius 2 is 2.00 bits per heavy atom. The Labute approximate surface area is 180 Å². The van der Waals surface area contributed by atoms with E-state index in [1.165, 1.54) is 6.26 Å². The zero-order valence-electron chi connectivity index (χ0n) is 17.4. The van der Waals surface area contributed by atoms with Gasteiger partial charge in [0.25, 0.3) is 5.91 Å². The molecule has 3 heterocycles. The highest BCUT2D eigenvalue weighted by Crippen LogP contribution is 2.26. The van der Waals surface area contributed by atoms with E-state index in [-0.39, 0.29) is 11.6 Å². The maximum absolute atomic E-state index is 12.7. The number of halogens is 1. The molecule has 1 saturated heterocycles. The highest BCUT2D eigenvalue weighted by molar-refractivity contribution is 6.30. The van der Waals surface area contributed by atoms with Crippen molar-refractivity contribution in [3.8, 4) is 0 Å². The summed E-state index contributed by atoms with van der Waals surface area (Å²) in [5.41, 5.74) is 6.94. The lowest BCUT2D eigenvalue weighted by Crippen LogP contribution is -2.49. The van der Waals surface area contributed by atoms with Crippen molar-refractivity contribution in [2.24, 2.45) is 5.92 Å². The van der Waals surface area contributed by atoms with Crippen LogP contribution < -0.4 is 11.1 Å². The molecular weight excluding hydrogens is 408 g/mol. The minimum Gasteiger partial charge on any atom is -0.448 e. The molecular formula is C20H27ClN6O3. The van der Waals surface area contributed by atoms with Gasteiger partial charge in [-0.15, -0.1) is 0 Å². The average Bonchev–Trinajstić information content (AvgIpc) is 3.13. The zero-order chi connectivity index (χ0) is 21.8. The zero-order valence-corrected chi connectivity index (χ0v) is 18.2. The van der Waals surface area contributed by atoms with Gasteiger partial charge in [-0.2, -0.15) is 0 Å². The largest absolute Gasteiger partial charge is 0.448 e. The van der Waals surface area contributed by atoms with E-state index in [1.807, 2.05) is 0 Å². The predicted molar refractivity (Wildman–Crippen MR) is 112 cm³/mol. The van der Waals surface area contributed by atoms with Crippen molar-refractivity contribution in [3.05, 3.63) is 34.4 Å². The molecule has 0 unspecified atom stereocenters. The number of amides is 2. The molecule has 2 aromatic heterocycles. The minimum atomic E-state index is -0.630. The maximum Gasteiger partial charge on any atom is 0.273 e. The molecule has 1 atom stereocenters. The van der Waals surface area contributed by atoms with E-state index >= 15 is 0 Å². The van der Waals surface area contributed by atoms with Crippen LogP contribution in [0.15, 0.2) is 10.7 Å². The number of piperidine rings is 1. The van der Waals surface area contributed by atoms with Crippen molar-refractivity contribution in [2.45, 2.75) is 52.5 Å². The lowest BCUT2D eigenvalue weighted by atomic mass is 9.90. The molecule has 0 radical (unpaired) electrons. The van der Waals surface area contributed by atoms with Gasteiger partial charge in [0, 0.05) is 25.6 Å². The fraction of sp³-hybridized carbons (Fsp3) is 0.550. The summed E-state index contributed by atoms with van der Waals surface area (Å²) in [6, 6.07) is -0.630. The number of nitrogens with two attached hydrogens (primary N) is 1. The highest BCUT2D eigenvalue weighted by Gasteiger charge is 2.27. The number of anilines is 1. The summed E-state index contributed by atoms with van der Waals surface area (Å²) in [5.74, 6) is 1.36. The van der Waals surface area contributed by atoms with Crippen molar-refractivity contribution in [1.29, 1.82) is 0 Å². The number of hydrogen-bond donors (Lipinski definition) is 2. The Kier molecular flexibility index (Phi) is 6.91.